The Morgan fingerprint density at radius 2 is 1.92 bits per heavy atom. The highest BCUT2D eigenvalue weighted by atomic mass is 32.1. The number of ketones is 1. The van der Waals surface area contributed by atoms with E-state index < -0.39 is 0 Å². The van der Waals surface area contributed by atoms with Crippen LogP contribution in [0.1, 0.15) is 46.7 Å². The number of carbonyl (C=O) groups is 3. The van der Waals surface area contributed by atoms with Gasteiger partial charge in [-0.25, -0.2) is 0 Å². The quantitative estimate of drug-likeness (QED) is 0.793. The van der Waals surface area contributed by atoms with Crippen LogP contribution in [0.4, 0.5) is 0 Å². The predicted molar refractivity (Wildman–Crippen MR) is 103 cm³/mol. The third-order valence-electron chi connectivity index (χ3n) is 4.43. The minimum atomic E-state index is -0.164. The molecule has 0 spiro atoms. The number of amides is 2. The summed E-state index contributed by atoms with van der Waals surface area (Å²) in [6.45, 7) is 4.91. The molecule has 0 bridgehead atoms. The molecule has 1 saturated heterocycles. The number of likely N-dealkylation sites (tertiary alicyclic amines) is 1. The van der Waals surface area contributed by atoms with Gasteiger partial charge in [0.15, 0.2) is 5.78 Å². The average Bonchev–Trinajstić information content (AvgIpc) is 3.23. The van der Waals surface area contributed by atoms with Crippen molar-refractivity contribution in [2.75, 3.05) is 13.1 Å². The second-order valence-electron chi connectivity index (χ2n) is 6.51. The van der Waals surface area contributed by atoms with E-state index in [-0.39, 0.29) is 23.6 Å². The van der Waals surface area contributed by atoms with Gasteiger partial charge in [0.2, 0.25) is 5.91 Å². The standard InChI is InChI=1S/C20H22N2O3S/c1-3-10-22-12-16(11-19(22)24)21-20(25)15-6-4-14(5-7-15)18-9-8-17(26-18)13(2)23/h4-9,16H,3,10-12H2,1-2H3,(H,21,25). The van der Waals surface area contributed by atoms with E-state index in [1.54, 1.807) is 24.0 Å². The molecule has 2 aromatic rings. The molecule has 26 heavy (non-hydrogen) atoms. The summed E-state index contributed by atoms with van der Waals surface area (Å²) in [4.78, 5) is 39.3. The summed E-state index contributed by atoms with van der Waals surface area (Å²) in [6, 6.07) is 10.9. The van der Waals surface area contributed by atoms with Crippen molar-refractivity contribution < 1.29 is 14.4 Å². The highest BCUT2D eigenvalue weighted by Crippen LogP contribution is 2.28. The van der Waals surface area contributed by atoms with Crippen LogP contribution in [0.3, 0.4) is 0 Å². The Morgan fingerprint density at radius 3 is 2.54 bits per heavy atom. The monoisotopic (exact) mass is 370 g/mol. The van der Waals surface area contributed by atoms with E-state index in [0.717, 1.165) is 28.3 Å². The van der Waals surface area contributed by atoms with Crippen LogP contribution in [-0.2, 0) is 4.79 Å². The molecule has 1 unspecified atom stereocenters. The van der Waals surface area contributed by atoms with Gasteiger partial charge < -0.3 is 10.2 Å². The first-order chi connectivity index (χ1) is 12.5. The smallest absolute Gasteiger partial charge is 0.251 e. The Bertz CT molecular complexity index is 826. The van der Waals surface area contributed by atoms with Crippen LogP contribution in [0, 0.1) is 0 Å². The second-order valence-corrected chi connectivity index (χ2v) is 7.60. The number of benzene rings is 1. The lowest BCUT2D eigenvalue weighted by Crippen LogP contribution is -2.37. The molecule has 5 nitrogen and oxygen atoms in total. The molecule has 0 aliphatic carbocycles. The molecule has 1 N–H and O–H groups in total. The fourth-order valence-corrected chi connectivity index (χ4v) is 4.00. The Morgan fingerprint density at radius 1 is 1.19 bits per heavy atom. The van der Waals surface area contributed by atoms with Crippen molar-refractivity contribution in [3.05, 3.63) is 46.8 Å². The zero-order valence-corrected chi connectivity index (χ0v) is 15.8. The molecule has 136 valence electrons. The molecule has 3 rings (SSSR count). The Balaban J connectivity index is 1.64. The highest BCUT2D eigenvalue weighted by molar-refractivity contribution is 7.17. The van der Waals surface area contributed by atoms with Crippen LogP contribution in [0.25, 0.3) is 10.4 Å². The fourth-order valence-electron chi connectivity index (χ4n) is 3.09. The number of hydrogen-bond acceptors (Lipinski definition) is 4. The van der Waals surface area contributed by atoms with Gasteiger partial charge >= 0.3 is 0 Å². The summed E-state index contributed by atoms with van der Waals surface area (Å²) < 4.78 is 0. The van der Waals surface area contributed by atoms with E-state index in [9.17, 15) is 14.4 Å². The van der Waals surface area contributed by atoms with Gasteiger partial charge in [0.25, 0.3) is 5.91 Å². The first-order valence-corrected chi connectivity index (χ1v) is 9.59. The first kappa shape index (κ1) is 18.3. The molecule has 1 aromatic carbocycles. The second kappa shape index (κ2) is 7.83. The van der Waals surface area contributed by atoms with Crippen molar-refractivity contribution in [1.29, 1.82) is 0 Å². The number of thiophene rings is 1. The minimum absolute atomic E-state index is 0.0560. The molecule has 2 heterocycles. The average molecular weight is 370 g/mol. The van der Waals surface area contributed by atoms with Crippen LogP contribution in [0.15, 0.2) is 36.4 Å². The summed E-state index contributed by atoms with van der Waals surface area (Å²) in [5, 5.41) is 2.95. The molecule has 1 fully saturated rings. The summed E-state index contributed by atoms with van der Waals surface area (Å²) in [6.07, 6.45) is 1.29. The van der Waals surface area contributed by atoms with Gasteiger partial charge in [-0.05, 0) is 43.2 Å². The maximum Gasteiger partial charge on any atom is 0.251 e. The fraction of sp³-hybridized carbons (Fsp3) is 0.350. The van der Waals surface area contributed by atoms with Crippen molar-refractivity contribution in [3.8, 4) is 10.4 Å². The lowest BCUT2D eigenvalue weighted by Gasteiger charge is -2.16. The van der Waals surface area contributed by atoms with Crippen molar-refractivity contribution in [3.63, 3.8) is 0 Å². The largest absolute Gasteiger partial charge is 0.347 e. The molecule has 2 amide bonds. The van der Waals surface area contributed by atoms with Gasteiger partial charge in [0.05, 0.1) is 10.9 Å². The third kappa shape index (κ3) is 4.02. The topological polar surface area (TPSA) is 66.5 Å². The number of rotatable bonds is 6. The molecule has 0 saturated carbocycles. The Kier molecular flexibility index (Phi) is 5.52. The van der Waals surface area contributed by atoms with Crippen LogP contribution in [0.2, 0.25) is 0 Å². The van der Waals surface area contributed by atoms with Gasteiger partial charge in [-0.2, -0.15) is 0 Å². The SMILES string of the molecule is CCCN1CC(NC(=O)c2ccc(-c3ccc(C(C)=O)s3)cc2)CC1=O. The molecular weight excluding hydrogens is 348 g/mol. The molecule has 1 aliphatic heterocycles. The number of carbonyl (C=O) groups excluding carboxylic acids is 3. The van der Waals surface area contributed by atoms with Crippen LogP contribution in [-0.4, -0.2) is 41.6 Å². The maximum atomic E-state index is 12.4. The zero-order valence-electron chi connectivity index (χ0n) is 15.0. The van der Waals surface area contributed by atoms with Crippen molar-refractivity contribution in [2.45, 2.75) is 32.7 Å². The van der Waals surface area contributed by atoms with Crippen LogP contribution in [0.5, 0.6) is 0 Å². The summed E-state index contributed by atoms with van der Waals surface area (Å²) in [5.74, 6) is -0.00440. The van der Waals surface area contributed by atoms with Crippen molar-refractivity contribution in [1.82, 2.24) is 10.2 Å². The van der Waals surface area contributed by atoms with Gasteiger partial charge in [-0.1, -0.05) is 19.1 Å². The molecule has 1 atom stereocenters. The van der Waals surface area contributed by atoms with Crippen molar-refractivity contribution >= 4 is 28.9 Å². The van der Waals surface area contributed by atoms with Crippen LogP contribution >= 0.6 is 11.3 Å². The number of nitrogens with one attached hydrogen (secondary N) is 1. The summed E-state index contributed by atoms with van der Waals surface area (Å²) >= 11 is 1.45. The summed E-state index contributed by atoms with van der Waals surface area (Å²) in [5.41, 5.74) is 1.54. The predicted octanol–water partition coefficient (Wildman–Crippen LogP) is 3.36. The maximum absolute atomic E-state index is 12.4. The third-order valence-corrected chi connectivity index (χ3v) is 5.66. The zero-order chi connectivity index (χ0) is 18.7. The van der Waals surface area contributed by atoms with E-state index in [4.69, 9.17) is 0 Å². The van der Waals surface area contributed by atoms with Gasteiger partial charge in [0, 0.05) is 30.0 Å². The van der Waals surface area contributed by atoms with E-state index in [2.05, 4.69) is 5.32 Å². The van der Waals surface area contributed by atoms with Gasteiger partial charge in [-0.15, -0.1) is 11.3 Å². The van der Waals surface area contributed by atoms with E-state index in [1.165, 1.54) is 11.3 Å². The lowest BCUT2D eigenvalue weighted by molar-refractivity contribution is -0.127. The molecule has 6 heteroatoms. The molecule has 1 aromatic heterocycles. The summed E-state index contributed by atoms with van der Waals surface area (Å²) in [7, 11) is 0. The molecule has 1 aliphatic rings. The Hall–Kier alpha value is -2.47. The van der Waals surface area contributed by atoms with E-state index in [1.807, 2.05) is 31.2 Å². The van der Waals surface area contributed by atoms with Gasteiger partial charge in [0.1, 0.15) is 0 Å². The number of hydrogen-bond donors (Lipinski definition) is 1. The number of Topliss-reactive ketones (excluding diaryl/α,β-unsaturated/α-hetero) is 1. The minimum Gasteiger partial charge on any atom is -0.347 e. The van der Waals surface area contributed by atoms with Gasteiger partial charge in [-0.3, -0.25) is 14.4 Å². The normalized spacial score (nSPS) is 16.8. The number of nitrogens with zero attached hydrogens (tertiary/aromatic N) is 1. The van der Waals surface area contributed by atoms with E-state index >= 15 is 0 Å². The molecule has 0 radical (unpaired) electrons. The van der Waals surface area contributed by atoms with Crippen molar-refractivity contribution in [2.24, 2.45) is 0 Å². The van der Waals surface area contributed by atoms with E-state index in [0.29, 0.717) is 18.5 Å². The van der Waals surface area contributed by atoms with Crippen LogP contribution < -0.4 is 5.32 Å². The molecular formula is C20H22N2O3S. The Labute approximate surface area is 157 Å². The lowest BCUT2D eigenvalue weighted by atomic mass is 10.1. The highest BCUT2D eigenvalue weighted by Gasteiger charge is 2.30. The first-order valence-electron chi connectivity index (χ1n) is 8.77.